The highest BCUT2D eigenvalue weighted by Crippen LogP contribution is 2.35. The van der Waals surface area contributed by atoms with Gasteiger partial charge in [0.05, 0.1) is 19.4 Å². The molecule has 1 fully saturated rings. The Morgan fingerprint density at radius 1 is 1.32 bits per heavy atom. The van der Waals surface area contributed by atoms with Crippen LogP contribution in [0, 0.1) is 5.82 Å². The Morgan fingerprint density at radius 3 is 2.79 bits per heavy atom. The van der Waals surface area contributed by atoms with Gasteiger partial charge in [-0.2, -0.15) is 0 Å². The summed E-state index contributed by atoms with van der Waals surface area (Å²) in [5.74, 6) is 0.557. The maximum absolute atomic E-state index is 13.2. The molecule has 0 spiro atoms. The third-order valence-corrected chi connectivity index (χ3v) is 3.42. The van der Waals surface area contributed by atoms with E-state index < -0.39 is 0 Å². The van der Waals surface area contributed by atoms with Crippen LogP contribution in [-0.2, 0) is 13.2 Å². The predicted molar refractivity (Wildman–Crippen MR) is 70.2 cm³/mol. The summed E-state index contributed by atoms with van der Waals surface area (Å²) in [4.78, 5) is 2.18. The lowest BCUT2D eigenvalue weighted by atomic mass is 10.1. The molecule has 1 aliphatic carbocycles. The molecule has 2 aromatic rings. The zero-order valence-corrected chi connectivity index (χ0v) is 10.6. The van der Waals surface area contributed by atoms with Crippen molar-refractivity contribution in [1.29, 1.82) is 0 Å². The molecule has 0 bridgehead atoms. The van der Waals surface area contributed by atoms with Crippen molar-refractivity contribution in [2.75, 3.05) is 4.90 Å². The summed E-state index contributed by atoms with van der Waals surface area (Å²) >= 11 is 0. The monoisotopic (exact) mass is 261 g/mol. The van der Waals surface area contributed by atoms with Crippen molar-refractivity contribution < 1.29 is 13.9 Å². The summed E-state index contributed by atoms with van der Waals surface area (Å²) in [6.07, 6.45) is 3.91. The van der Waals surface area contributed by atoms with Gasteiger partial charge in [0, 0.05) is 17.3 Å². The number of anilines is 1. The lowest BCUT2D eigenvalue weighted by molar-refractivity contribution is 0.281. The largest absolute Gasteiger partial charge is 0.467 e. The molecule has 1 aromatic carbocycles. The smallest absolute Gasteiger partial charge is 0.123 e. The van der Waals surface area contributed by atoms with Crippen LogP contribution >= 0.6 is 0 Å². The minimum atomic E-state index is -0.318. The van der Waals surface area contributed by atoms with E-state index in [2.05, 4.69) is 4.90 Å². The van der Waals surface area contributed by atoms with E-state index in [1.807, 2.05) is 12.1 Å². The van der Waals surface area contributed by atoms with Crippen molar-refractivity contribution in [1.82, 2.24) is 0 Å². The fourth-order valence-electron chi connectivity index (χ4n) is 2.33. The second-order valence-electron chi connectivity index (χ2n) is 4.87. The number of furan rings is 1. The van der Waals surface area contributed by atoms with E-state index in [4.69, 9.17) is 4.42 Å². The molecular weight excluding hydrogens is 245 g/mol. The van der Waals surface area contributed by atoms with Gasteiger partial charge >= 0.3 is 0 Å². The SMILES string of the molecule is OCc1cc(F)ccc1N(Cc1ccco1)C1CC1. The Kier molecular flexibility index (Phi) is 3.25. The van der Waals surface area contributed by atoms with Crippen molar-refractivity contribution in [3.8, 4) is 0 Å². The van der Waals surface area contributed by atoms with Gasteiger partial charge in [0.25, 0.3) is 0 Å². The minimum absolute atomic E-state index is 0.158. The van der Waals surface area contributed by atoms with E-state index in [1.54, 1.807) is 12.3 Å². The number of benzene rings is 1. The zero-order valence-electron chi connectivity index (χ0n) is 10.6. The highest BCUT2D eigenvalue weighted by molar-refractivity contribution is 5.55. The fourth-order valence-corrected chi connectivity index (χ4v) is 2.33. The van der Waals surface area contributed by atoms with Gasteiger partial charge in [0.15, 0.2) is 0 Å². The number of aliphatic hydroxyl groups is 1. The normalized spacial score (nSPS) is 14.6. The molecule has 4 heteroatoms. The first-order valence-corrected chi connectivity index (χ1v) is 6.46. The van der Waals surface area contributed by atoms with Crippen LogP contribution in [0.3, 0.4) is 0 Å². The Labute approximate surface area is 111 Å². The van der Waals surface area contributed by atoms with E-state index in [-0.39, 0.29) is 12.4 Å². The summed E-state index contributed by atoms with van der Waals surface area (Å²) in [7, 11) is 0. The van der Waals surface area contributed by atoms with E-state index >= 15 is 0 Å². The van der Waals surface area contributed by atoms with E-state index in [1.165, 1.54) is 12.1 Å². The average Bonchev–Trinajstić information content (AvgIpc) is 3.13. The number of halogens is 1. The zero-order chi connectivity index (χ0) is 13.2. The topological polar surface area (TPSA) is 36.6 Å². The molecule has 0 amide bonds. The summed E-state index contributed by atoms with van der Waals surface area (Å²) in [6, 6.07) is 8.82. The highest BCUT2D eigenvalue weighted by Gasteiger charge is 2.31. The maximum atomic E-state index is 13.2. The van der Waals surface area contributed by atoms with Gasteiger partial charge in [-0.05, 0) is 43.2 Å². The summed E-state index contributed by atoms with van der Waals surface area (Å²) in [5.41, 5.74) is 1.52. The molecule has 19 heavy (non-hydrogen) atoms. The van der Waals surface area contributed by atoms with Crippen molar-refractivity contribution in [3.63, 3.8) is 0 Å². The van der Waals surface area contributed by atoms with Gasteiger partial charge in [-0.1, -0.05) is 0 Å². The molecule has 0 unspecified atom stereocenters. The third kappa shape index (κ3) is 2.63. The van der Waals surface area contributed by atoms with Gasteiger partial charge in [-0.15, -0.1) is 0 Å². The van der Waals surface area contributed by atoms with Gasteiger partial charge in [0.1, 0.15) is 11.6 Å². The van der Waals surface area contributed by atoms with E-state index in [0.717, 1.165) is 24.3 Å². The Morgan fingerprint density at radius 2 is 2.16 bits per heavy atom. The molecule has 0 radical (unpaired) electrons. The van der Waals surface area contributed by atoms with Crippen LogP contribution in [0.2, 0.25) is 0 Å². The summed E-state index contributed by atoms with van der Waals surface area (Å²) in [6.45, 7) is 0.491. The van der Waals surface area contributed by atoms with Crippen LogP contribution < -0.4 is 4.90 Å². The van der Waals surface area contributed by atoms with E-state index in [9.17, 15) is 9.50 Å². The standard InChI is InChI=1S/C15H16FNO2/c16-12-3-6-15(11(8-12)10-18)17(13-4-5-13)9-14-2-1-7-19-14/h1-3,6-8,13,18H,4-5,9-10H2. The van der Waals surface area contributed by atoms with Gasteiger partial charge in [0.2, 0.25) is 0 Å². The number of rotatable bonds is 5. The van der Waals surface area contributed by atoms with Crippen LogP contribution in [0.1, 0.15) is 24.2 Å². The molecule has 1 aromatic heterocycles. The molecule has 0 saturated heterocycles. The second kappa shape index (κ2) is 5.05. The number of aliphatic hydroxyl groups excluding tert-OH is 1. The van der Waals surface area contributed by atoms with E-state index in [0.29, 0.717) is 18.2 Å². The number of nitrogens with zero attached hydrogens (tertiary/aromatic N) is 1. The Bertz CT molecular complexity index is 549. The number of hydrogen-bond acceptors (Lipinski definition) is 3. The van der Waals surface area contributed by atoms with Crippen molar-refractivity contribution in [2.45, 2.75) is 32.0 Å². The number of hydrogen-bond donors (Lipinski definition) is 1. The van der Waals surface area contributed by atoms with Crippen LogP contribution in [0.5, 0.6) is 0 Å². The Balaban J connectivity index is 1.91. The first-order valence-electron chi connectivity index (χ1n) is 6.46. The second-order valence-corrected chi connectivity index (χ2v) is 4.87. The minimum Gasteiger partial charge on any atom is -0.467 e. The van der Waals surface area contributed by atoms with Gasteiger partial charge in [-0.3, -0.25) is 0 Å². The van der Waals surface area contributed by atoms with Crippen LogP contribution in [0.25, 0.3) is 0 Å². The highest BCUT2D eigenvalue weighted by atomic mass is 19.1. The maximum Gasteiger partial charge on any atom is 0.123 e. The van der Waals surface area contributed by atoms with Crippen LogP contribution in [0.4, 0.5) is 10.1 Å². The summed E-state index contributed by atoms with van der Waals surface area (Å²) in [5, 5.41) is 9.40. The molecule has 100 valence electrons. The predicted octanol–water partition coefficient (Wildman–Crippen LogP) is 3.08. The molecule has 1 N–H and O–H groups in total. The van der Waals surface area contributed by atoms with Crippen molar-refractivity contribution >= 4 is 5.69 Å². The van der Waals surface area contributed by atoms with Crippen molar-refractivity contribution in [2.24, 2.45) is 0 Å². The molecule has 3 rings (SSSR count). The first kappa shape index (κ1) is 12.2. The van der Waals surface area contributed by atoms with Gasteiger partial charge < -0.3 is 14.4 Å². The van der Waals surface area contributed by atoms with Crippen molar-refractivity contribution in [3.05, 3.63) is 53.7 Å². The lowest BCUT2D eigenvalue weighted by Gasteiger charge is -2.26. The molecular formula is C15H16FNO2. The average molecular weight is 261 g/mol. The van der Waals surface area contributed by atoms with Crippen LogP contribution in [0.15, 0.2) is 41.0 Å². The molecule has 1 saturated carbocycles. The Hall–Kier alpha value is -1.81. The summed E-state index contributed by atoms with van der Waals surface area (Å²) < 4.78 is 18.6. The molecule has 0 aliphatic heterocycles. The quantitative estimate of drug-likeness (QED) is 0.898. The third-order valence-electron chi connectivity index (χ3n) is 3.42. The molecule has 0 atom stereocenters. The molecule has 3 nitrogen and oxygen atoms in total. The van der Waals surface area contributed by atoms with Crippen LogP contribution in [-0.4, -0.2) is 11.1 Å². The molecule has 1 heterocycles. The molecule has 1 aliphatic rings. The fraction of sp³-hybridized carbons (Fsp3) is 0.333. The first-order chi connectivity index (χ1) is 9.28. The van der Waals surface area contributed by atoms with Gasteiger partial charge in [-0.25, -0.2) is 4.39 Å². The lowest BCUT2D eigenvalue weighted by Crippen LogP contribution is -2.26.